The first-order valence-electron chi connectivity index (χ1n) is 11.7. The summed E-state index contributed by atoms with van der Waals surface area (Å²) in [7, 11) is 1.78. The molecule has 2 atom stereocenters. The standard InChI is InChI=1S/C25H28N8O2/c1-4-26-14-18-15-31(22-11-10-21-27-12-13-32(21)29-22)16-20(18)28-24(34)23-17(2)30(3)33(25(23)35)19-8-6-5-7-9-19/h5-14,18,20H,4,15-16H2,1-3H3,(H,28,34)/t18?,20-/m1/s1. The molecule has 10 nitrogen and oxygen atoms in total. The monoisotopic (exact) mass is 472 g/mol. The van der Waals surface area contributed by atoms with Gasteiger partial charge in [-0.1, -0.05) is 18.2 Å². The molecule has 180 valence electrons. The van der Waals surface area contributed by atoms with Gasteiger partial charge in [0.1, 0.15) is 11.4 Å². The van der Waals surface area contributed by atoms with Crippen molar-refractivity contribution in [1.82, 2.24) is 29.3 Å². The zero-order valence-corrected chi connectivity index (χ0v) is 20.0. The summed E-state index contributed by atoms with van der Waals surface area (Å²) in [5.41, 5.74) is 1.91. The molecule has 35 heavy (non-hydrogen) atoms. The SMILES string of the molecule is CCN=CC1CN(c2ccc3nccn3n2)C[C@H]1NC(=O)c1c(C)n(C)n(-c2ccccc2)c1=O. The van der Waals surface area contributed by atoms with Gasteiger partial charge in [0.05, 0.1) is 17.4 Å². The number of nitrogens with zero attached hydrogens (tertiary/aromatic N) is 7. The minimum Gasteiger partial charge on any atom is -0.352 e. The molecule has 1 aliphatic rings. The molecular weight excluding hydrogens is 444 g/mol. The number of amides is 1. The number of carbonyl (C=O) groups excluding carboxylic acids is 1. The van der Waals surface area contributed by atoms with Crippen LogP contribution in [-0.4, -0.2) is 61.8 Å². The molecule has 3 aromatic heterocycles. The molecule has 1 aliphatic heterocycles. The maximum absolute atomic E-state index is 13.4. The van der Waals surface area contributed by atoms with Crippen molar-refractivity contribution in [2.45, 2.75) is 19.9 Å². The molecule has 1 N–H and O–H groups in total. The Balaban J connectivity index is 1.42. The van der Waals surface area contributed by atoms with Crippen LogP contribution in [0.4, 0.5) is 5.82 Å². The average molecular weight is 473 g/mol. The Morgan fingerprint density at radius 2 is 2.00 bits per heavy atom. The van der Waals surface area contributed by atoms with E-state index in [9.17, 15) is 9.59 Å². The smallest absolute Gasteiger partial charge is 0.284 e. The zero-order valence-electron chi connectivity index (χ0n) is 20.0. The molecule has 0 saturated carbocycles. The summed E-state index contributed by atoms with van der Waals surface area (Å²) in [4.78, 5) is 37.5. The Labute approximate surface area is 202 Å². The lowest BCUT2D eigenvalue weighted by Gasteiger charge is -2.18. The van der Waals surface area contributed by atoms with E-state index in [0.29, 0.717) is 31.0 Å². The van der Waals surface area contributed by atoms with E-state index in [-0.39, 0.29) is 29.0 Å². The number of nitrogens with one attached hydrogen (secondary N) is 1. The van der Waals surface area contributed by atoms with Gasteiger partial charge < -0.3 is 10.2 Å². The molecule has 0 aliphatic carbocycles. The van der Waals surface area contributed by atoms with Crippen LogP contribution in [0, 0.1) is 12.8 Å². The van der Waals surface area contributed by atoms with Crippen molar-refractivity contribution in [2.24, 2.45) is 18.0 Å². The number of hydrogen-bond acceptors (Lipinski definition) is 6. The molecule has 0 bridgehead atoms. The highest BCUT2D eigenvalue weighted by Crippen LogP contribution is 2.23. The van der Waals surface area contributed by atoms with Crippen LogP contribution in [0.3, 0.4) is 0 Å². The molecule has 5 rings (SSSR count). The van der Waals surface area contributed by atoms with Gasteiger partial charge in [0.25, 0.3) is 11.5 Å². The maximum atomic E-state index is 13.4. The molecule has 0 spiro atoms. The van der Waals surface area contributed by atoms with Crippen LogP contribution in [0.5, 0.6) is 0 Å². The third kappa shape index (κ3) is 4.11. The van der Waals surface area contributed by atoms with E-state index >= 15 is 0 Å². The van der Waals surface area contributed by atoms with E-state index in [2.05, 4.69) is 25.3 Å². The third-order valence-corrected chi connectivity index (χ3v) is 6.51. The Bertz CT molecular complexity index is 1450. The topological polar surface area (TPSA) is 102 Å². The largest absolute Gasteiger partial charge is 0.352 e. The fourth-order valence-corrected chi connectivity index (χ4v) is 4.60. The molecule has 1 aromatic carbocycles. The summed E-state index contributed by atoms with van der Waals surface area (Å²) in [6, 6.07) is 12.9. The number of carbonyl (C=O) groups is 1. The predicted octanol–water partition coefficient (Wildman–Crippen LogP) is 1.85. The van der Waals surface area contributed by atoms with Crippen LogP contribution in [0.25, 0.3) is 11.3 Å². The highest BCUT2D eigenvalue weighted by atomic mass is 16.2. The number of anilines is 1. The molecule has 1 saturated heterocycles. The summed E-state index contributed by atoms with van der Waals surface area (Å²) in [5, 5.41) is 7.76. The van der Waals surface area contributed by atoms with Crippen molar-refractivity contribution < 1.29 is 4.79 Å². The highest BCUT2D eigenvalue weighted by Gasteiger charge is 2.35. The minimum atomic E-state index is -0.377. The Kier molecular flexibility index (Phi) is 5.94. The number of rotatable bonds is 6. The van der Waals surface area contributed by atoms with Crippen LogP contribution in [0.1, 0.15) is 23.0 Å². The van der Waals surface area contributed by atoms with Gasteiger partial charge in [-0.3, -0.25) is 19.3 Å². The Morgan fingerprint density at radius 3 is 2.77 bits per heavy atom. The van der Waals surface area contributed by atoms with Crippen molar-refractivity contribution in [3.63, 3.8) is 0 Å². The van der Waals surface area contributed by atoms with E-state index < -0.39 is 0 Å². The van der Waals surface area contributed by atoms with Crippen LogP contribution in [0.15, 0.2) is 64.6 Å². The van der Waals surface area contributed by atoms with E-state index in [1.54, 1.807) is 35.6 Å². The molecule has 10 heteroatoms. The fraction of sp³-hybridized carbons (Fsp3) is 0.320. The van der Waals surface area contributed by atoms with Crippen LogP contribution in [0.2, 0.25) is 0 Å². The summed E-state index contributed by atoms with van der Waals surface area (Å²) >= 11 is 0. The molecule has 1 amide bonds. The van der Waals surface area contributed by atoms with Crippen molar-refractivity contribution >= 4 is 23.6 Å². The zero-order chi connectivity index (χ0) is 24.5. The maximum Gasteiger partial charge on any atom is 0.284 e. The number of fused-ring (bicyclic) bond motifs is 1. The lowest BCUT2D eigenvalue weighted by Crippen LogP contribution is -2.42. The molecule has 1 unspecified atom stereocenters. The lowest BCUT2D eigenvalue weighted by molar-refractivity contribution is 0.0935. The normalized spacial score (nSPS) is 18.1. The number of aromatic nitrogens is 5. The molecule has 1 fully saturated rings. The van der Waals surface area contributed by atoms with Crippen LogP contribution >= 0.6 is 0 Å². The van der Waals surface area contributed by atoms with Gasteiger partial charge in [0.15, 0.2) is 5.65 Å². The first kappa shape index (κ1) is 22.6. The average Bonchev–Trinajstić information content (AvgIpc) is 3.54. The first-order chi connectivity index (χ1) is 17.0. The summed E-state index contributed by atoms with van der Waals surface area (Å²) in [5.74, 6) is 0.404. The van der Waals surface area contributed by atoms with Gasteiger partial charge in [-0.2, -0.15) is 0 Å². The molecular formula is C25H28N8O2. The van der Waals surface area contributed by atoms with Gasteiger partial charge in [-0.05, 0) is 38.1 Å². The van der Waals surface area contributed by atoms with E-state index in [0.717, 1.165) is 11.5 Å². The summed E-state index contributed by atoms with van der Waals surface area (Å²) in [6.45, 7) is 5.64. The molecule has 4 aromatic rings. The summed E-state index contributed by atoms with van der Waals surface area (Å²) in [6.07, 6.45) is 5.42. The molecule has 0 radical (unpaired) electrons. The van der Waals surface area contributed by atoms with Gasteiger partial charge in [0, 0.05) is 51.2 Å². The summed E-state index contributed by atoms with van der Waals surface area (Å²) < 4.78 is 4.97. The molecule has 4 heterocycles. The van der Waals surface area contributed by atoms with Gasteiger partial charge in [-0.15, -0.1) is 5.10 Å². The number of hydrogen-bond donors (Lipinski definition) is 1. The van der Waals surface area contributed by atoms with Gasteiger partial charge in [-0.25, -0.2) is 14.2 Å². The predicted molar refractivity (Wildman–Crippen MR) is 135 cm³/mol. The van der Waals surface area contributed by atoms with Crippen molar-refractivity contribution in [3.05, 3.63) is 76.5 Å². The van der Waals surface area contributed by atoms with E-state index in [4.69, 9.17) is 0 Å². The quantitative estimate of drug-likeness (QED) is 0.432. The minimum absolute atomic E-state index is 0.0143. The van der Waals surface area contributed by atoms with Crippen molar-refractivity contribution in [2.75, 3.05) is 24.5 Å². The lowest BCUT2D eigenvalue weighted by atomic mass is 10.0. The Morgan fingerprint density at radius 1 is 1.20 bits per heavy atom. The highest BCUT2D eigenvalue weighted by molar-refractivity contribution is 5.95. The van der Waals surface area contributed by atoms with Gasteiger partial charge in [0.2, 0.25) is 0 Å². The number of imidazole rings is 1. The van der Waals surface area contributed by atoms with Crippen LogP contribution in [-0.2, 0) is 7.05 Å². The first-order valence-corrected chi connectivity index (χ1v) is 11.7. The van der Waals surface area contributed by atoms with Gasteiger partial charge >= 0.3 is 0 Å². The van der Waals surface area contributed by atoms with Crippen molar-refractivity contribution in [3.8, 4) is 5.69 Å². The second-order valence-corrected chi connectivity index (χ2v) is 8.65. The fourth-order valence-electron chi connectivity index (χ4n) is 4.60. The third-order valence-electron chi connectivity index (χ3n) is 6.51. The second kappa shape index (κ2) is 9.21. The number of aliphatic imine (C=N–C) groups is 1. The number of para-hydroxylation sites is 1. The Hall–Kier alpha value is -4.21. The number of benzene rings is 1. The van der Waals surface area contributed by atoms with Crippen molar-refractivity contribution in [1.29, 1.82) is 0 Å². The van der Waals surface area contributed by atoms with Crippen LogP contribution < -0.4 is 15.8 Å². The van der Waals surface area contributed by atoms with E-state index in [1.165, 1.54) is 4.68 Å². The second-order valence-electron chi connectivity index (χ2n) is 8.65. The van der Waals surface area contributed by atoms with E-state index in [1.807, 2.05) is 55.6 Å².